The summed E-state index contributed by atoms with van der Waals surface area (Å²) in [5.74, 6) is -0.373. The molecular formula is C18H16N6O4S. The molecule has 11 heteroatoms. The van der Waals surface area contributed by atoms with Gasteiger partial charge in [-0.2, -0.15) is 5.10 Å². The molecule has 3 amide bonds. The number of carbonyl (C=O) groups is 2. The first-order valence-electron chi connectivity index (χ1n) is 8.22. The van der Waals surface area contributed by atoms with Crippen LogP contribution in [-0.2, 0) is 0 Å². The number of rotatable bonds is 6. The highest BCUT2D eigenvalue weighted by molar-refractivity contribution is 7.10. The molecule has 0 saturated carbocycles. The molecule has 0 unspecified atom stereocenters. The first-order valence-corrected chi connectivity index (χ1v) is 9.00. The molecule has 4 N–H and O–H groups in total. The van der Waals surface area contributed by atoms with Crippen LogP contribution in [0.2, 0.25) is 0 Å². The molecule has 1 heterocycles. The van der Waals surface area contributed by atoms with Gasteiger partial charge in [0.05, 0.1) is 13.3 Å². The quantitative estimate of drug-likeness (QED) is 0.363. The maximum absolute atomic E-state index is 12.3. The number of hydrogen-bond donors (Lipinski definition) is 4. The van der Waals surface area contributed by atoms with Crippen molar-refractivity contribution in [2.45, 2.75) is 0 Å². The van der Waals surface area contributed by atoms with Gasteiger partial charge in [-0.15, -0.1) is 5.10 Å². The van der Waals surface area contributed by atoms with Crippen LogP contribution in [0.3, 0.4) is 0 Å². The topological polar surface area (TPSA) is 138 Å². The van der Waals surface area contributed by atoms with Gasteiger partial charge in [0, 0.05) is 17.2 Å². The van der Waals surface area contributed by atoms with Crippen molar-refractivity contribution in [1.29, 1.82) is 0 Å². The fourth-order valence-electron chi connectivity index (χ4n) is 2.20. The number of carbonyl (C=O) groups excluding carboxylic acids is 2. The molecule has 3 aromatic rings. The molecule has 0 saturated heterocycles. The SMILES string of the molecule is COc1cc(/C=N/NC(=O)c2nnsc2NC(=O)Nc2ccccc2)ccc1O. The number of hydrogen-bond acceptors (Lipinski definition) is 8. The van der Waals surface area contributed by atoms with Gasteiger partial charge in [-0.1, -0.05) is 22.7 Å². The molecule has 0 aliphatic rings. The zero-order valence-electron chi connectivity index (χ0n) is 15.1. The largest absolute Gasteiger partial charge is 0.504 e. The second-order valence-corrected chi connectivity index (χ2v) is 6.28. The number of methoxy groups -OCH3 is 1. The summed E-state index contributed by atoms with van der Waals surface area (Å²) in [5, 5.41) is 22.5. The first kappa shape index (κ1) is 19.8. The summed E-state index contributed by atoms with van der Waals surface area (Å²) in [6.45, 7) is 0. The van der Waals surface area contributed by atoms with Gasteiger partial charge in [-0.3, -0.25) is 10.1 Å². The van der Waals surface area contributed by atoms with E-state index < -0.39 is 11.9 Å². The Hall–Kier alpha value is -3.99. The van der Waals surface area contributed by atoms with Gasteiger partial charge < -0.3 is 15.2 Å². The Morgan fingerprint density at radius 1 is 1.17 bits per heavy atom. The van der Waals surface area contributed by atoms with Crippen LogP contribution in [0.5, 0.6) is 11.5 Å². The smallest absolute Gasteiger partial charge is 0.324 e. The molecule has 1 aromatic heterocycles. The van der Waals surface area contributed by atoms with E-state index >= 15 is 0 Å². The van der Waals surface area contributed by atoms with Crippen LogP contribution in [0.15, 0.2) is 53.6 Å². The molecule has 148 valence electrons. The summed E-state index contributed by atoms with van der Waals surface area (Å²) in [6, 6.07) is 12.9. The Kier molecular flexibility index (Phi) is 6.32. The van der Waals surface area contributed by atoms with Crippen molar-refractivity contribution < 1.29 is 19.4 Å². The van der Waals surface area contributed by atoms with Gasteiger partial charge >= 0.3 is 6.03 Å². The lowest BCUT2D eigenvalue weighted by Gasteiger charge is -2.06. The van der Waals surface area contributed by atoms with E-state index in [-0.39, 0.29) is 22.2 Å². The van der Waals surface area contributed by atoms with Crippen molar-refractivity contribution in [3.05, 3.63) is 59.8 Å². The van der Waals surface area contributed by atoms with Crippen LogP contribution < -0.4 is 20.8 Å². The van der Waals surface area contributed by atoms with Crippen LogP contribution in [0.25, 0.3) is 0 Å². The van der Waals surface area contributed by atoms with Gasteiger partial charge in [0.1, 0.15) is 0 Å². The Labute approximate surface area is 169 Å². The summed E-state index contributed by atoms with van der Waals surface area (Å²) in [7, 11) is 1.43. The van der Waals surface area contributed by atoms with Crippen LogP contribution in [0, 0.1) is 0 Å². The zero-order chi connectivity index (χ0) is 20.6. The highest BCUT2D eigenvalue weighted by Gasteiger charge is 2.18. The highest BCUT2D eigenvalue weighted by Crippen LogP contribution is 2.25. The number of nitrogens with zero attached hydrogens (tertiary/aromatic N) is 3. The van der Waals surface area contributed by atoms with Gasteiger partial charge in [0.2, 0.25) is 0 Å². The standard InChI is InChI=1S/C18H16N6O4S/c1-28-14-9-11(7-8-13(14)25)10-19-23-16(26)15-17(29-24-22-15)21-18(27)20-12-5-3-2-4-6-12/h2-10,25H,1H3,(H,23,26)(H2,20,21,27)/b19-10+. The molecule has 0 aliphatic carbocycles. The molecule has 10 nitrogen and oxygen atoms in total. The van der Waals surface area contributed by atoms with Crippen LogP contribution in [0.1, 0.15) is 16.1 Å². The normalized spacial score (nSPS) is 10.5. The minimum atomic E-state index is -0.643. The van der Waals surface area contributed by atoms with Crippen molar-refractivity contribution in [3.8, 4) is 11.5 Å². The van der Waals surface area contributed by atoms with Gasteiger partial charge in [0.25, 0.3) is 5.91 Å². The van der Waals surface area contributed by atoms with E-state index in [0.717, 1.165) is 11.5 Å². The molecule has 0 aliphatic heterocycles. The number of para-hydroxylation sites is 1. The van der Waals surface area contributed by atoms with E-state index in [1.807, 2.05) is 6.07 Å². The predicted molar refractivity (Wildman–Crippen MR) is 109 cm³/mol. The third-order valence-electron chi connectivity index (χ3n) is 3.55. The monoisotopic (exact) mass is 412 g/mol. The maximum atomic E-state index is 12.3. The van der Waals surface area contributed by atoms with Crippen LogP contribution in [0.4, 0.5) is 15.5 Å². The van der Waals surface area contributed by atoms with E-state index in [4.69, 9.17) is 4.74 Å². The van der Waals surface area contributed by atoms with E-state index in [1.54, 1.807) is 36.4 Å². The number of phenolic OH excluding ortho intramolecular Hbond substituents is 1. The molecule has 3 rings (SSSR count). The lowest BCUT2D eigenvalue weighted by molar-refractivity contribution is 0.0951. The number of benzene rings is 2. The van der Waals surface area contributed by atoms with Gasteiger partial charge in [-0.05, 0) is 35.9 Å². The molecular weight excluding hydrogens is 396 g/mol. The number of aromatic nitrogens is 2. The second kappa shape index (κ2) is 9.28. The summed E-state index contributed by atoms with van der Waals surface area (Å²) in [5.41, 5.74) is 3.43. The van der Waals surface area contributed by atoms with Gasteiger partial charge in [-0.25, -0.2) is 10.2 Å². The summed E-state index contributed by atoms with van der Waals surface area (Å²) < 4.78 is 8.70. The van der Waals surface area contributed by atoms with E-state index in [1.165, 1.54) is 19.4 Å². The fourth-order valence-corrected chi connectivity index (χ4v) is 2.76. The van der Waals surface area contributed by atoms with E-state index in [0.29, 0.717) is 11.3 Å². The Bertz CT molecular complexity index is 1040. The third kappa shape index (κ3) is 5.26. The summed E-state index contributed by atoms with van der Waals surface area (Å²) >= 11 is 0.863. The molecule has 2 aromatic carbocycles. The predicted octanol–water partition coefficient (Wildman–Crippen LogP) is 2.66. The average Bonchev–Trinajstić information content (AvgIpc) is 3.18. The van der Waals surface area contributed by atoms with Crippen molar-refractivity contribution in [2.75, 3.05) is 17.7 Å². The Morgan fingerprint density at radius 3 is 2.72 bits per heavy atom. The van der Waals surface area contributed by atoms with E-state index in [9.17, 15) is 14.7 Å². The number of nitrogens with one attached hydrogen (secondary N) is 3. The van der Waals surface area contributed by atoms with Crippen molar-refractivity contribution in [2.24, 2.45) is 5.10 Å². The van der Waals surface area contributed by atoms with Crippen LogP contribution >= 0.6 is 11.5 Å². The molecule has 0 radical (unpaired) electrons. The van der Waals surface area contributed by atoms with Crippen molar-refractivity contribution in [1.82, 2.24) is 15.0 Å². The highest BCUT2D eigenvalue weighted by atomic mass is 32.1. The molecule has 29 heavy (non-hydrogen) atoms. The fraction of sp³-hybridized carbons (Fsp3) is 0.0556. The second-order valence-electron chi connectivity index (χ2n) is 5.53. The number of amides is 3. The summed E-state index contributed by atoms with van der Waals surface area (Å²) in [4.78, 5) is 24.4. The number of hydrazone groups is 1. The van der Waals surface area contributed by atoms with Crippen LogP contribution in [-0.4, -0.2) is 40.0 Å². The van der Waals surface area contributed by atoms with E-state index in [2.05, 4.69) is 30.7 Å². The lowest BCUT2D eigenvalue weighted by atomic mass is 10.2. The number of phenols is 1. The number of urea groups is 1. The molecule has 0 spiro atoms. The average molecular weight is 412 g/mol. The number of ether oxygens (including phenoxy) is 1. The third-order valence-corrected chi connectivity index (χ3v) is 4.19. The molecule has 0 bridgehead atoms. The maximum Gasteiger partial charge on any atom is 0.324 e. The van der Waals surface area contributed by atoms with Crippen molar-refractivity contribution >= 4 is 40.4 Å². The minimum Gasteiger partial charge on any atom is -0.504 e. The molecule has 0 fully saturated rings. The first-order chi connectivity index (χ1) is 14.1. The number of aromatic hydroxyl groups is 1. The minimum absolute atomic E-state index is 0.00766. The Morgan fingerprint density at radius 2 is 1.97 bits per heavy atom. The van der Waals surface area contributed by atoms with Gasteiger partial charge in [0.15, 0.2) is 22.2 Å². The summed E-state index contributed by atoms with van der Waals surface area (Å²) in [6.07, 6.45) is 1.37. The Balaban J connectivity index is 1.61. The lowest BCUT2D eigenvalue weighted by Crippen LogP contribution is -2.23. The van der Waals surface area contributed by atoms with Crippen molar-refractivity contribution in [3.63, 3.8) is 0 Å². The zero-order valence-corrected chi connectivity index (χ0v) is 15.9. The number of anilines is 2. The molecule has 0 atom stereocenters.